The van der Waals surface area contributed by atoms with Crippen molar-refractivity contribution < 1.29 is 17.9 Å². The molecule has 0 radical (unpaired) electrons. The molecular formula is C15H19N3O6S. The minimum Gasteiger partial charge on any atom is -0.468 e. The molecule has 1 heterocycles. The zero-order valence-corrected chi connectivity index (χ0v) is 15.2. The molecule has 136 valence electrons. The van der Waals surface area contributed by atoms with E-state index in [1.807, 2.05) is 0 Å². The van der Waals surface area contributed by atoms with Crippen LogP contribution in [0.4, 0.5) is 0 Å². The average Bonchev–Trinajstić information content (AvgIpc) is 2.58. The van der Waals surface area contributed by atoms with Crippen molar-refractivity contribution in [3.8, 4) is 0 Å². The highest BCUT2D eigenvalue weighted by Crippen LogP contribution is 2.19. The SMILES string of the molecule is CCn1c(=O)c(=O)n(CC(=O)OC)c2cc(S(=O)(=O)N(C)C)ccc21. The van der Waals surface area contributed by atoms with Crippen LogP contribution in [0.15, 0.2) is 32.7 Å². The third-order valence-electron chi connectivity index (χ3n) is 3.81. The molecule has 1 aromatic heterocycles. The molecule has 1 aromatic carbocycles. The Balaban J connectivity index is 2.93. The Kier molecular flexibility index (Phi) is 5.14. The van der Waals surface area contributed by atoms with Crippen molar-refractivity contribution in [2.45, 2.75) is 24.9 Å². The molecule has 0 aliphatic rings. The summed E-state index contributed by atoms with van der Waals surface area (Å²) < 4.78 is 32.5. The number of benzene rings is 1. The molecule has 10 heteroatoms. The molecule has 0 aliphatic heterocycles. The van der Waals surface area contributed by atoms with Gasteiger partial charge in [0.2, 0.25) is 10.0 Å². The zero-order chi connectivity index (χ0) is 18.9. The van der Waals surface area contributed by atoms with Crippen LogP contribution in [0.2, 0.25) is 0 Å². The summed E-state index contributed by atoms with van der Waals surface area (Å²) in [7, 11) is 0.176. The maximum Gasteiger partial charge on any atom is 0.325 e. The number of sulfonamides is 1. The molecule has 2 rings (SSSR count). The summed E-state index contributed by atoms with van der Waals surface area (Å²) in [6.45, 7) is 1.43. The Morgan fingerprint density at radius 1 is 1.12 bits per heavy atom. The molecule has 0 spiro atoms. The van der Waals surface area contributed by atoms with Crippen molar-refractivity contribution in [3.63, 3.8) is 0 Å². The summed E-state index contributed by atoms with van der Waals surface area (Å²) in [5.41, 5.74) is -1.19. The number of methoxy groups -OCH3 is 1. The normalized spacial score (nSPS) is 11.9. The third-order valence-corrected chi connectivity index (χ3v) is 5.62. The lowest BCUT2D eigenvalue weighted by molar-refractivity contribution is -0.141. The number of ether oxygens (including phenoxy) is 1. The van der Waals surface area contributed by atoms with E-state index in [1.165, 1.54) is 36.9 Å². The molecule has 0 atom stereocenters. The van der Waals surface area contributed by atoms with Crippen molar-refractivity contribution in [3.05, 3.63) is 38.9 Å². The molecular weight excluding hydrogens is 350 g/mol. The summed E-state index contributed by atoms with van der Waals surface area (Å²) in [5, 5.41) is 0. The number of rotatable bonds is 5. The predicted molar refractivity (Wildman–Crippen MR) is 91.0 cm³/mol. The lowest BCUT2D eigenvalue weighted by Gasteiger charge is -2.16. The topological polar surface area (TPSA) is 108 Å². The Bertz CT molecular complexity index is 1050. The summed E-state index contributed by atoms with van der Waals surface area (Å²) >= 11 is 0. The first-order valence-electron chi connectivity index (χ1n) is 7.41. The Morgan fingerprint density at radius 3 is 2.24 bits per heavy atom. The lowest BCUT2D eigenvalue weighted by atomic mass is 10.2. The van der Waals surface area contributed by atoms with Crippen LogP contribution in [0.25, 0.3) is 11.0 Å². The fourth-order valence-corrected chi connectivity index (χ4v) is 3.36. The first-order valence-corrected chi connectivity index (χ1v) is 8.85. The van der Waals surface area contributed by atoms with Crippen LogP contribution in [0, 0.1) is 0 Å². The monoisotopic (exact) mass is 369 g/mol. The van der Waals surface area contributed by atoms with Gasteiger partial charge in [0, 0.05) is 20.6 Å². The van der Waals surface area contributed by atoms with Gasteiger partial charge in [0.1, 0.15) is 6.54 Å². The molecule has 25 heavy (non-hydrogen) atoms. The number of carbonyl (C=O) groups is 1. The van der Waals surface area contributed by atoms with E-state index in [-0.39, 0.29) is 17.0 Å². The zero-order valence-electron chi connectivity index (χ0n) is 14.3. The van der Waals surface area contributed by atoms with Crippen LogP contribution in [0.1, 0.15) is 6.92 Å². The molecule has 0 saturated carbocycles. The van der Waals surface area contributed by atoms with Gasteiger partial charge in [-0.05, 0) is 25.1 Å². The van der Waals surface area contributed by atoms with Crippen molar-refractivity contribution in [2.75, 3.05) is 21.2 Å². The molecule has 0 bridgehead atoms. The fourth-order valence-electron chi connectivity index (χ4n) is 2.43. The van der Waals surface area contributed by atoms with E-state index in [1.54, 1.807) is 6.92 Å². The van der Waals surface area contributed by atoms with E-state index in [0.29, 0.717) is 5.52 Å². The standard InChI is InChI=1S/C15H19N3O6S/c1-5-17-11-7-6-10(25(22,23)16(2)3)8-12(11)18(9-13(19)24-4)15(21)14(17)20/h6-8H,5,9H2,1-4H3. The highest BCUT2D eigenvalue weighted by molar-refractivity contribution is 7.89. The summed E-state index contributed by atoms with van der Waals surface area (Å²) in [6, 6.07) is 4.08. The largest absolute Gasteiger partial charge is 0.468 e. The van der Waals surface area contributed by atoms with Crippen molar-refractivity contribution in [1.29, 1.82) is 0 Å². The third kappa shape index (κ3) is 3.22. The van der Waals surface area contributed by atoms with Gasteiger partial charge in [-0.1, -0.05) is 0 Å². The van der Waals surface area contributed by atoms with Crippen LogP contribution >= 0.6 is 0 Å². The summed E-state index contributed by atoms with van der Waals surface area (Å²) in [5.74, 6) is -0.724. The van der Waals surface area contributed by atoms with Crippen LogP contribution in [-0.4, -0.2) is 49.0 Å². The van der Waals surface area contributed by atoms with Crippen molar-refractivity contribution in [1.82, 2.24) is 13.4 Å². The maximum atomic E-state index is 12.4. The highest BCUT2D eigenvalue weighted by Gasteiger charge is 2.21. The number of nitrogens with zero attached hydrogens (tertiary/aromatic N) is 3. The van der Waals surface area contributed by atoms with E-state index in [9.17, 15) is 22.8 Å². The minimum absolute atomic E-state index is 0.0516. The number of esters is 1. The second-order valence-electron chi connectivity index (χ2n) is 5.45. The van der Waals surface area contributed by atoms with Gasteiger partial charge < -0.3 is 9.30 Å². The first kappa shape index (κ1) is 18.9. The van der Waals surface area contributed by atoms with E-state index < -0.39 is 33.7 Å². The minimum atomic E-state index is -3.75. The fraction of sp³-hybridized carbons (Fsp3) is 0.400. The van der Waals surface area contributed by atoms with Crippen molar-refractivity contribution >= 4 is 27.0 Å². The van der Waals surface area contributed by atoms with Gasteiger partial charge in [0.25, 0.3) is 0 Å². The molecule has 0 N–H and O–H groups in total. The maximum absolute atomic E-state index is 12.4. The Hall–Kier alpha value is -2.46. The lowest BCUT2D eigenvalue weighted by Crippen LogP contribution is -2.42. The van der Waals surface area contributed by atoms with E-state index >= 15 is 0 Å². The van der Waals surface area contributed by atoms with Gasteiger partial charge in [-0.15, -0.1) is 0 Å². The van der Waals surface area contributed by atoms with E-state index in [0.717, 1.165) is 16.0 Å². The number of aromatic nitrogens is 2. The average molecular weight is 369 g/mol. The molecule has 9 nitrogen and oxygen atoms in total. The summed E-state index contributed by atoms with van der Waals surface area (Å²) in [6.07, 6.45) is 0. The molecule has 0 aliphatic carbocycles. The summed E-state index contributed by atoms with van der Waals surface area (Å²) in [4.78, 5) is 36.2. The van der Waals surface area contributed by atoms with Gasteiger partial charge in [-0.3, -0.25) is 19.0 Å². The predicted octanol–water partition coefficient (Wildman–Crippen LogP) is -0.394. The second kappa shape index (κ2) is 6.81. The molecule has 0 unspecified atom stereocenters. The number of aryl methyl sites for hydroxylation is 1. The van der Waals surface area contributed by atoms with Gasteiger partial charge in [0.15, 0.2) is 0 Å². The number of hydrogen-bond donors (Lipinski definition) is 0. The van der Waals surface area contributed by atoms with Crippen LogP contribution < -0.4 is 11.1 Å². The van der Waals surface area contributed by atoms with Gasteiger partial charge in [0.05, 0.1) is 23.0 Å². The quantitative estimate of drug-likeness (QED) is 0.525. The van der Waals surface area contributed by atoms with Crippen molar-refractivity contribution in [2.24, 2.45) is 0 Å². The van der Waals surface area contributed by atoms with Crippen LogP contribution in [-0.2, 0) is 32.6 Å². The molecule has 0 saturated heterocycles. The Morgan fingerprint density at radius 2 is 1.72 bits per heavy atom. The highest BCUT2D eigenvalue weighted by atomic mass is 32.2. The van der Waals surface area contributed by atoms with E-state index in [2.05, 4.69) is 4.74 Å². The van der Waals surface area contributed by atoms with Gasteiger partial charge >= 0.3 is 17.1 Å². The smallest absolute Gasteiger partial charge is 0.325 e. The number of carbonyl (C=O) groups excluding carboxylic acids is 1. The van der Waals surface area contributed by atoms with Gasteiger partial charge in [-0.25, -0.2) is 12.7 Å². The molecule has 0 fully saturated rings. The molecule has 2 aromatic rings. The van der Waals surface area contributed by atoms with Crippen LogP contribution in [0.5, 0.6) is 0 Å². The second-order valence-corrected chi connectivity index (χ2v) is 7.61. The van der Waals surface area contributed by atoms with Crippen LogP contribution in [0.3, 0.4) is 0 Å². The Labute approximate surface area is 144 Å². The van der Waals surface area contributed by atoms with E-state index in [4.69, 9.17) is 0 Å². The first-order chi connectivity index (χ1) is 11.6. The van der Waals surface area contributed by atoms with Gasteiger partial charge in [-0.2, -0.15) is 0 Å². The number of fused-ring (bicyclic) bond motifs is 1. The number of hydrogen-bond acceptors (Lipinski definition) is 6. The molecule has 0 amide bonds.